The third kappa shape index (κ3) is 4.52. The van der Waals surface area contributed by atoms with E-state index in [-0.39, 0.29) is 5.91 Å². The van der Waals surface area contributed by atoms with Gasteiger partial charge in [-0.15, -0.1) is 0 Å². The maximum atomic E-state index is 12.4. The number of amides is 1. The van der Waals surface area contributed by atoms with Crippen LogP contribution in [0.1, 0.15) is 29.8 Å². The highest BCUT2D eigenvalue weighted by atomic mass is 16.2. The molecule has 2 heterocycles. The zero-order chi connectivity index (χ0) is 16.7. The highest BCUT2D eigenvalue weighted by molar-refractivity contribution is 5.94. The molecule has 1 amide bonds. The Balaban J connectivity index is 2.05. The molecule has 5 heteroatoms. The summed E-state index contributed by atoms with van der Waals surface area (Å²) >= 11 is 0. The van der Waals surface area contributed by atoms with E-state index in [1.54, 1.807) is 29.7 Å². The molecule has 5 nitrogen and oxygen atoms in total. The first kappa shape index (κ1) is 16.9. The van der Waals surface area contributed by atoms with Gasteiger partial charge in [-0.2, -0.15) is 0 Å². The van der Waals surface area contributed by atoms with Gasteiger partial charge in [0, 0.05) is 45.3 Å². The van der Waals surface area contributed by atoms with E-state index in [0.29, 0.717) is 18.7 Å². The molecule has 0 N–H and O–H groups in total. The SMILES string of the molecule is CCN(CC)C(=O)c1cncc(N(C)CCc2ccncc2)c1. The molecule has 0 atom stereocenters. The van der Waals surface area contributed by atoms with Crippen LogP contribution in [0.15, 0.2) is 43.0 Å². The van der Waals surface area contributed by atoms with Crippen molar-refractivity contribution in [3.8, 4) is 0 Å². The molecule has 0 aliphatic rings. The lowest BCUT2D eigenvalue weighted by atomic mass is 10.2. The van der Waals surface area contributed by atoms with Crippen molar-refractivity contribution in [3.63, 3.8) is 0 Å². The maximum Gasteiger partial charge on any atom is 0.255 e. The van der Waals surface area contributed by atoms with E-state index in [1.807, 2.05) is 39.1 Å². The quantitative estimate of drug-likeness (QED) is 0.788. The van der Waals surface area contributed by atoms with Crippen molar-refractivity contribution in [3.05, 3.63) is 54.1 Å². The second-order valence-electron chi connectivity index (χ2n) is 5.44. The predicted molar refractivity (Wildman–Crippen MR) is 92.7 cm³/mol. The van der Waals surface area contributed by atoms with Gasteiger partial charge in [0.15, 0.2) is 0 Å². The number of hydrogen-bond donors (Lipinski definition) is 0. The van der Waals surface area contributed by atoms with Crippen LogP contribution in [0.3, 0.4) is 0 Å². The van der Waals surface area contributed by atoms with Crippen LogP contribution in [0.5, 0.6) is 0 Å². The molecule has 0 saturated carbocycles. The van der Waals surface area contributed by atoms with Crippen LogP contribution < -0.4 is 4.90 Å². The lowest BCUT2D eigenvalue weighted by Gasteiger charge is -2.21. The Morgan fingerprint density at radius 2 is 1.78 bits per heavy atom. The zero-order valence-electron chi connectivity index (χ0n) is 14.1. The molecule has 0 fully saturated rings. The molecule has 122 valence electrons. The van der Waals surface area contributed by atoms with Gasteiger partial charge >= 0.3 is 0 Å². The highest BCUT2D eigenvalue weighted by Gasteiger charge is 2.14. The molecule has 0 aromatic carbocycles. The molecule has 0 saturated heterocycles. The van der Waals surface area contributed by atoms with Crippen molar-refractivity contribution in [1.29, 1.82) is 0 Å². The van der Waals surface area contributed by atoms with Crippen molar-refractivity contribution in [1.82, 2.24) is 14.9 Å². The second kappa shape index (κ2) is 8.27. The minimum Gasteiger partial charge on any atom is -0.373 e. The van der Waals surface area contributed by atoms with Gasteiger partial charge in [0.25, 0.3) is 5.91 Å². The minimum atomic E-state index is 0.0342. The number of pyridine rings is 2. The van der Waals surface area contributed by atoms with Crippen molar-refractivity contribution in [2.75, 3.05) is 31.6 Å². The van der Waals surface area contributed by atoms with Gasteiger partial charge in [-0.3, -0.25) is 14.8 Å². The van der Waals surface area contributed by atoms with Gasteiger partial charge in [-0.1, -0.05) is 0 Å². The Hall–Kier alpha value is -2.43. The van der Waals surface area contributed by atoms with E-state index < -0.39 is 0 Å². The minimum absolute atomic E-state index is 0.0342. The number of hydrogen-bond acceptors (Lipinski definition) is 4. The molecule has 2 rings (SSSR count). The summed E-state index contributed by atoms with van der Waals surface area (Å²) in [5, 5.41) is 0. The summed E-state index contributed by atoms with van der Waals surface area (Å²) < 4.78 is 0. The van der Waals surface area contributed by atoms with Crippen LogP contribution in [0.4, 0.5) is 5.69 Å². The van der Waals surface area contributed by atoms with E-state index in [1.165, 1.54) is 5.56 Å². The summed E-state index contributed by atoms with van der Waals surface area (Å²) in [6.07, 6.45) is 7.97. The van der Waals surface area contributed by atoms with E-state index in [4.69, 9.17) is 0 Å². The molecule has 0 bridgehead atoms. The standard InChI is InChI=1S/C18H24N4O/c1-4-22(5-2)18(23)16-12-17(14-20-13-16)21(3)11-8-15-6-9-19-10-7-15/h6-7,9-10,12-14H,4-5,8,11H2,1-3H3. The van der Waals surface area contributed by atoms with Gasteiger partial charge in [-0.05, 0) is 44.0 Å². The fourth-order valence-electron chi connectivity index (χ4n) is 2.42. The average Bonchev–Trinajstić information content (AvgIpc) is 2.61. The van der Waals surface area contributed by atoms with Crippen LogP contribution in [0.2, 0.25) is 0 Å². The van der Waals surface area contributed by atoms with Crippen molar-refractivity contribution < 1.29 is 4.79 Å². The number of likely N-dealkylation sites (N-methyl/N-ethyl adjacent to an activating group) is 1. The Labute approximate surface area is 138 Å². The van der Waals surface area contributed by atoms with E-state index in [2.05, 4.69) is 14.9 Å². The van der Waals surface area contributed by atoms with Gasteiger partial charge in [0.2, 0.25) is 0 Å². The van der Waals surface area contributed by atoms with Crippen molar-refractivity contribution >= 4 is 11.6 Å². The van der Waals surface area contributed by atoms with Gasteiger partial charge in [0.05, 0.1) is 17.4 Å². The number of carbonyl (C=O) groups is 1. The normalized spacial score (nSPS) is 10.4. The molecule has 2 aromatic heterocycles. The third-order valence-electron chi connectivity index (χ3n) is 3.95. The number of rotatable bonds is 7. The smallest absolute Gasteiger partial charge is 0.255 e. The highest BCUT2D eigenvalue weighted by Crippen LogP contribution is 2.15. The Morgan fingerprint density at radius 1 is 1.09 bits per heavy atom. The summed E-state index contributed by atoms with van der Waals surface area (Å²) in [5.41, 5.74) is 2.84. The number of carbonyl (C=O) groups excluding carboxylic acids is 1. The van der Waals surface area contributed by atoms with Gasteiger partial charge < -0.3 is 9.80 Å². The van der Waals surface area contributed by atoms with Crippen LogP contribution >= 0.6 is 0 Å². The number of nitrogens with zero attached hydrogens (tertiary/aromatic N) is 4. The monoisotopic (exact) mass is 312 g/mol. The predicted octanol–water partition coefficient (Wildman–Crippen LogP) is 2.64. The van der Waals surface area contributed by atoms with Crippen LogP contribution in [0.25, 0.3) is 0 Å². The van der Waals surface area contributed by atoms with Crippen LogP contribution in [-0.4, -0.2) is 47.5 Å². The lowest BCUT2D eigenvalue weighted by molar-refractivity contribution is 0.0772. The Bertz CT molecular complexity index is 626. The first-order valence-electron chi connectivity index (χ1n) is 8.00. The lowest BCUT2D eigenvalue weighted by Crippen LogP contribution is -2.30. The van der Waals surface area contributed by atoms with Gasteiger partial charge in [0.1, 0.15) is 0 Å². The van der Waals surface area contributed by atoms with Crippen molar-refractivity contribution in [2.45, 2.75) is 20.3 Å². The number of aromatic nitrogens is 2. The first-order valence-corrected chi connectivity index (χ1v) is 8.00. The fraction of sp³-hybridized carbons (Fsp3) is 0.389. The first-order chi connectivity index (χ1) is 11.2. The molecule has 0 radical (unpaired) electrons. The molecule has 0 unspecified atom stereocenters. The summed E-state index contributed by atoms with van der Waals surface area (Å²) in [6.45, 7) is 6.24. The number of anilines is 1. The summed E-state index contributed by atoms with van der Waals surface area (Å²) in [7, 11) is 2.02. The molecule has 2 aromatic rings. The molecule has 0 aliphatic carbocycles. The second-order valence-corrected chi connectivity index (χ2v) is 5.44. The maximum absolute atomic E-state index is 12.4. The fourth-order valence-corrected chi connectivity index (χ4v) is 2.42. The van der Waals surface area contributed by atoms with Gasteiger partial charge in [-0.25, -0.2) is 0 Å². The van der Waals surface area contributed by atoms with Crippen LogP contribution in [0, 0.1) is 0 Å². The van der Waals surface area contributed by atoms with E-state index in [0.717, 1.165) is 18.7 Å². The molecule has 0 spiro atoms. The molecular weight excluding hydrogens is 288 g/mol. The van der Waals surface area contributed by atoms with Crippen molar-refractivity contribution in [2.24, 2.45) is 0 Å². The largest absolute Gasteiger partial charge is 0.373 e. The van der Waals surface area contributed by atoms with E-state index >= 15 is 0 Å². The topological polar surface area (TPSA) is 49.3 Å². The summed E-state index contributed by atoms with van der Waals surface area (Å²) in [5.74, 6) is 0.0342. The average molecular weight is 312 g/mol. The van der Waals surface area contributed by atoms with E-state index in [9.17, 15) is 4.79 Å². The molecule has 23 heavy (non-hydrogen) atoms. The molecular formula is C18H24N4O. The Morgan fingerprint density at radius 3 is 2.43 bits per heavy atom. The summed E-state index contributed by atoms with van der Waals surface area (Å²) in [4.78, 5) is 24.6. The third-order valence-corrected chi connectivity index (χ3v) is 3.95. The van der Waals surface area contributed by atoms with Crippen LogP contribution in [-0.2, 0) is 6.42 Å². The Kier molecular flexibility index (Phi) is 6.09. The summed E-state index contributed by atoms with van der Waals surface area (Å²) in [6, 6.07) is 5.96. The molecule has 0 aliphatic heterocycles. The zero-order valence-corrected chi connectivity index (χ0v) is 14.1.